The van der Waals surface area contributed by atoms with Gasteiger partial charge in [0.1, 0.15) is 5.75 Å². The third-order valence-corrected chi connectivity index (χ3v) is 7.11. The molecule has 0 spiro atoms. The molecule has 1 aliphatic heterocycles. The minimum atomic E-state index is -3.12. The van der Waals surface area contributed by atoms with Gasteiger partial charge in [-0.25, -0.2) is 8.42 Å². The van der Waals surface area contributed by atoms with Gasteiger partial charge in [0, 0.05) is 5.56 Å². The lowest BCUT2D eigenvalue weighted by atomic mass is 10.1. The number of benzene rings is 2. The van der Waals surface area contributed by atoms with E-state index >= 15 is 0 Å². The van der Waals surface area contributed by atoms with Crippen LogP contribution in [-0.2, 0) is 9.84 Å². The van der Waals surface area contributed by atoms with Gasteiger partial charge in [-0.2, -0.15) is 5.10 Å². The molecule has 0 aliphatic carbocycles. The van der Waals surface area contributed by atoms with Crippen LogP contribution in [0.25, 0.3) is 11.3 Å². The Morgan fingerprint density at radius 2 is 1.93 bits per heavy atom. The minimum absolute atomic E-state index is 0.00338. The summed E-state index contributed by atoms with van der Waals surface area (Å²) >= 11 is 6.13. The molecule has 0 radical (unpaired) electrons. The first-order valence-corrected chi connectivity index (χ1v) is 11.6. The van der Waals surface area contributed by atoms with Crippen molar-refractivity contribution in [2.45, 2.75) is 12.5 Å². The van der Waals surface area contributed by atoms with Gasteiger partial charge in [0.05, 0.1) is 41.1 Å². The fourth-order valence-corrected chi connectivity index (χ4v) is 5.35. The van der Waals surface area contributed by atoms with Crippen LogP contribution in [0.4, 0.5) is 5.69 Å². The number of aromatic nitrogens is 2. The molecule has 0 saturated carbocycles. The summed E-state index contributed by atoms with van der Waals surface area (Å²) < 4.78 is 30.9. The average Bonchev–Trinajstić information content (AvgIpc) is 3.33. The van der Waals surface area contributed by atoms with Crippen molar-refractivity contribution in [3.63, 3.8) is 0 Å². The lowest BCUT2D eigenvalue weighted by Gasteiger charge is -2.13. The molecule has 156 valence electrons. The number of amides is 1. The molecule has 4 rings (SSSR count). The Morgan fingerprint density at radius 3 is 2.57 bits per heavy atom. The topological polar surface area (TPSA) is 90.3 Å². The number of hydrogen-bond donors (Lipinski definition) is 1. The lowest BCUT2D eigenvalue weighted by Crippen LogP contribution is -2.16. The summed E-state index contributed by atoms with van der Waals surface area (Å²) in [6.45, 7) is 0. The quantitative estimate of drug-likeness (QED) is 0.644. The van der Waals surface area contributed by atoms with Crippen LogP contribution in [0, 0.1) is 0 Å². The Labute approximate surface area is 179 Å². The van der Waals surface area contributed by atoms with Crippen molar-refractivity contribution in [2.24, 2.45) is 0 Å². The van der Waals surface area contributed by atoms with E-state index in [1.165, 1.54) is 0 Å². The molecule has 0 bridgehead atoms. The van der Waals surface area contributed by atoms with E-state index in [0.29, 0.717) is 28.6 Å². The molecule has 9 heteroatoms. The maximum absolute atomic E-state index is 12.8. The molecule has 1 N–H and O–H groups in total. The number of nitrogens with zero attached hydrogens (tertiary/aromatic N) is 2. The monoisotopic (exact) mass is 445 g/mol. The van der Waals surface area contributed by atoms with Gasteiger partial charge in [0.25, 0.3) is 5.91 Å². The van der Waals surface area contributed by atoms with Gasteiger partial charge in [-0.1, -0.05) is 23.7 Å². The van der Waals surface area contributed by atoms with Crippen LogP contribution in [-0.4, -0.2) is 42.7 Å². The molecule has 30 heavy (non-hydrogen) atoms. The van der Waals surface area contributed by atoms with Crippen molar-refractivity contribution >= 4 is 33.0 Å². The van der Waals surface area contributed by atoms with E-state index in [0.717, 1.165) is 5.56 Å². The van der Waals surface area contributed by atoms with Crippen molar-refractivity contribution in [1.82, 2.24) is 9.78 Å². The van der Waals surface area contributed by atoms with E-state index in [9.17, 15) is 13.2 Å². The fraction of sp³-hybridized carbons (Fsp3) is 0.238. The van der Waals surface area contributed by atoms with Crippen molar-refractivity contribution in [2.75, 3.05) is 23.9 Å². The number of hydrogen-bond acceptors (Lipinski definition) is 5. The second kappa shape index (κ2) is 8.12. The van der Waals surface area contributed by atoms with E-state index in [1.54, 1.807) is 42.1 Å². The zero-order valence-corrected chi connectivity index (χ0v) is 17.8. The highest BCUT2D eigenvalue weighted by molar-refractivity contribution is 7.91. The zero-order chi connectivity index (χ0) is 21.3. The molecule has 1 fully saturated rings. The summed E-state index contributed by atoms with van der Waals surface area (Å²) in [5.74, 6) is 0.395. The van der Waals surface area contributed by atoms with Crippen molar-refractivity contribution < 1.29 is 17.9 Å². The Morgan fingerprint density at radius 1 is 1.20 bits per heavy atom. The SMILES string of the molecule is COc1ccc(-c2cc(C(=O)Nc3ccccc3Cl)nn2C2CCS(=O)(=O)C2)cc1. The predicted octanol–water partition coefficient (Wildman–Crippen LogP) is 3.82. The first-order chi connectivity index (χ1) is 14.4. The summed E-state index contributed by atoms with van der Waals surface area (Å²) in [6.07, 6.45) is 0.457. The molecule has 1 aromatic heterocycles. The highest BCUT2D eigenvalue weighted by atomic mass is 35.5. The molecule has 1 amide bonds. The number of carbonyl (C=O) groups is 1. The molecule has 2 aromatic carbocycles. The zero-order valence-electron chi connectivity index (χ0n) is 16.2. The van der Waals surface area contributed by atoms with E-state index in [-0.39, 0.29) is 23.2 Å². The molecule has 1 aliphatic rings. The Balaban J connectivity index is 1.71. The number of rotatable bonds is 5. The van der Waals surface area contributed by atoms with E-state index in [2.05, 4.69) is 10.4 Å². The van der Waals surface area contributed by atoms with Crippen molar-refractivity contribution in [3.8, 4) is 17.0 Å². The van der Waals surface area contributed by atoms with Gasteiger partial charge in [-0.3, -0.25) is 9.48 Å². The van der Waals surface area contributed by atoms with E-state index < -0.39 is 15.7 Å². The Hall–Kier alpha value is -2.84. The molecule has 7 nitrogen and oxygen atoms in total. The first-order valence-electron chi connectivity index (χ1n) is 9.36. The van der Waals surface area contributed by atoms with Crippen LogP contribution in [0.15, 0.2) is 54.6 Å². The molecule has 1 saturated heterocycles. The van der Waals surface area contributed by atoms with Crippen molar-refractivity contribution in [3.05, 3.63) is 65.3 Å². The van der Waals surface area contributed by atoms with Crippen LogP contribution < -0.4 is 10.1 Å². The van der Waals surface area contributed by atoms with Crippen LogP contribution in [0.1, 0.15) is 23.0 Å². The lowest BCUT2D eigenvalue weighted by molar-refractivity contribution is 0.102. The number of anilines is 1. The largest absolute Gasteiger partial charge is 0.497 e. The van der Waals surface area contributed by atoms with Crippen LogP contribution in [0.2, 0.25) is 5.02 Å². The van der Waals surface area contributed by atoms with Gasteiger partial charge >= 0.3 is 0 Å². The van der Waals surface area contributed by atoms with Crippen LogP contribution in [0.5, 0.6) is 5.75 Å². The first kappa shape index (κ1) is 20.4. The van der Waals surface area contributed by atoms with Gasteiger partial charge in [-0.05, 0) is 48.9 Å². The molecular formula is C21H20ClN3O4S. The van der Waals surface area contributed by atoms with Gasteiger partial charge < -0.3 is 10.1 Å². The fourth-order valence-electron chi connectivity index (χ4n) is 3.48. The summed E-state index contributed by atoms with van der Waals surface area (Å²) in [4.78, 5) is 12.8. The standard InChI is InChI=1S/C21H20ClN3O4S/c1-29-16-8-6-14(7-9-16)20-12-19(21(26)23-18-5-3-2-4-17(18)22)24-25(20)15-10-11-30(27,28)13-15/h2-9,12,15H,10-11,13H2,1H3,(H,23,26). The van der Waals surface area contributed by atoms with Gasteiger partial charge in [0.15, 0.2) is 15.5 Å². The summed E-state index contributed by atoms with van der Waals surface area (Å²) in [5.41, 5.74) is 2.15. The van der Waals surface area contributed by atoms with E-state index in [1.807, 2.05) is 24.3 Å². The third kappa shape index (κ3) is 4.20. The van der Waals surface area contributed by atoms with Gasteiger partial charge in [0.2, 0.25) is 0 Å². The number of carbonyl (C=O) groups excluding carboxylic acids is 1. The third-order valence-electron chi connectivity index (χ3n) is 5.03. The molecule has 1 unspecified atom stereocenters. The van der Waals surface area contributed by atoms with Gasteiger partial charge in [-0.15, -0.1) is 0 Å². The number of nitrogens with one attached hydrogen (secondary N) is 1. The normalized spacial score (nSPS) is 17.6. The maximum atomic E-state index is 12.8. The molecule has 2 heterocycles. The number of halogens is 1. The number of para-hydroxylation sites is 1. The smallest absolute Gasteiger partial charge is 0.276 e. The highest BCUT2D eigenvalue weighted by Crippen LogP contribution is 2.31. The summed E-state index contributed by atoms with van der Waals surface area (Å²) in [7, 11) is -1.53. The predicted molar refractivity (Wildman–Crippen MR) is 116 cm³/mol. The van der Waals surface area contributed by atoms with Crippen LogP contribution in [0.3, 0.4) is 0 Å². The molecule has 1 atom stereocenters. The van der Waals surface area contributed by atoms with E-state index in [4.69, 9.17) is 16.3 Å². The van der Waals surface area contributed by atoms with Crippen molar-refractivity contribution in [1.29, 1.82) is 0 Å². The Bertz CT molecular complexity index is 1190. The number of ether oxygens (including phenoxy) is 1. The molecular weight excluding hydrogens is 426 g/mol. The average molecular weight is 446 g/mol. The summed E-state index contributed by atoms with van der Waals surface area (Å²) in [5, 5.41) is 7.65. The molecule has 3 aromatic rings. The number of methoxy groups -OCH3 is 1. The number of sulfone groups is 1. The summed E-state index contributed by atoms with van der Waals surface area (Å²) in [6, 6.07) is 15.6. The highest BCUT2D eigenvalue weighted by Gasteiger charge is 2.32. The second-order valence-corrected chi connectivity index (χ2v) is 9.71. The maximum Gasteiger partial charge on any atom is 0.276 e. The second-order valence-electron chi connectivity index (χ2n) is 7.08. The minimum Gasteiger partial charge on any atom is -0.497 e. The Kier molecular flexibility index (Phi) is 5.53. The van der Waals surface area contributed by atoms with Crippen LogP contribution >= 0.6 is 11.6 Å².